The van der Waals surface area contributed by atoms with Gasteiger partial charge in [-0.05, 0) is 40.0 Å². The summed E-state index contributed by atoms with van der Waals surface area (Å²) >= 11 is 0. The summed E-state index contributed by atoms with van der Waals surface area (Å²) in [5.74, 6) is -0.210. The molecule has 20 heavy (non-hydrogen) atoms. The van der Waals surface area contributed by atoms with E-state index in [2.05, 4.69) is 6.07 Å². The molecule has 0 aromatic heterocycles. The van der Waals surface area contributed by atoms with Crippen LogP contribution in [0.3, 0.4) is 0 Å². The summed E-state index contributed by atoms with van der Waals surface area (Å²) in [6.45, 7) is 7.81. The van der Waals surface area contributed by atoms with Crippen LogP contribution in [0.25, 0.3) is 0 Å². The van der Waals surface area contributed by atoms with Crippen LogP contribution in [0.1, 0.15) is 40.0 Å². The van der Waals surface area contributed by atoms with Gasteiger partial charge in [-0.1, -0.05) is 0 Å². The van der Waals surface area contributed by atoms with Crippen molar-refractivity contribution in [3.8, 4) is 6.07 Å². The first-order valence-corrected chi connectivity index (χ1v) is 7.50. The van der Waals surface area contributed by atoms with Gasteiger partial charge in [-0.15, -0.1) is 0 Å². The Bertz CT molecular complexity index is 335. The average Bonchev–Trinajstić information content (AvgIpc) is 2.50. The average molecular weight is 282 g/mol. The summed E-state index contributed by atoms with van der Waals surface area (Å²) in [6.07, 6.45) is 2.92. The highest BCUT2D eigenvalue weighted by Gasteiger charge is 2.23. The minimum atomic E-state index is -0.480. The van der Waals surface area contributed by atoms with Crippen LogP contribution in [0.15, 0.2) is 0 Å². The Morgan fingerprint density at radius 2 is 2.25 bits per heavy atom. The minimum absolute atomic E-state index is 0.0505. The molecule has 3 unspecified atom stereocenters. The molecule has 0 bridgehead atoms. The van der Waals surface area contributed by atoms with Crippen molar-refractivity contribution in [3.05, 3.63) is 0 Å². The lowest BCUT2D eigenvalue weighted by atomic mass is 10.1. The third-order valence-electron chi connectivity index (χ3n) is 3.56. The smallest absolute Gasteiger partial charge is 0.251 e. The molecule has 0 aromatic rings. The maximum absolute atomic E-state index is 12.2. The molecule has 1 amide bonds. The Hall–Kier alpha value is -1.12. The van der Waals surface area contributed by atoms with Crippen molar-refractivity contribution in [2.75, 3.05) is 26.3 Å². The van der Waals surface area contributed by atoms with Gasteiger partial charge in [-0.25, -0.2) is 0 Å². The van der Waals surface area contributed by atoms with E-state index in [0.29, 0.717) is 19.7 Å². The van der Waals surface area contributed by atoms with Crippen molar-refractivity contribution < 1.29 is 14.3 Å². The van der Waals surface area contributed by atoms with Gasteiger partial charge in [0.15, 0.2) is 0 Å². The number of rotatable bonds is 7. The number of likely N-dealkylation sites (N-methyl/N-ethyl adjacent to an activating group) is 1. The van der Waals surface area contributed by atoms with E-state index in [-0.39, 0.29) is 17.9 Å². The van der Waals surface area contributed by atoms with Gasteiger partial charge in [0.05, 0.1) is 24.7 Å². The molecular formula is C15H26N2O3. The number of nitriles is 1. The first-order valence-electron chi connectivity index (χ1n) is 7.50. The lowest BCUT2D eigenvalue weighted by Crippen LogP contribution is -2.42. The van der Waals surface area contributed by atoms with E-state index in [1.807, 2.05) is 13.8 Å². The summed E-state index contributed by atoms with van der Waals surface area (Å²) in [7, 11) is 0. The second-order valence-electron chi connectivity index (χ2n) is 5.37. The SMILES string of the molecule is CCN(CC(C)C#N)C(=O)C(C)OCC1CCCCO1. The molecule has 0 aliphatic carbocycles. The topological polar surface area (TPSA) is 62.6 Å². The molecule has 1 aliphatic heterocycles. The fourth-order valence-electron chi connectivity index (χ4n) is 2.27. The lowest BCUT2D eigenvalue weighted by Gasteiger charge is -2.27. The Balaban J connectivity index is 2.37. The second kappa shape index (κ2) is 8.93. The van der Waals surface area contributed by atoms with Crippen LogP contribution in [0, 0.1) is 17.2 Å². The van der Waals surface area contributed by atoms with Crippen molar-refractivity contribution >= 4 is 5.91 Å². The molecule has 5 heteroatoms. The van der Waals surface area contributed by atoms with Crippen LogP contribution in [0.4, 0.5) is 0 Å². The Labute approximate surface area is 121 Å². The third kappa shape index (κ3) is 5.48. The van der Waals surface area contributed by atoms with Crippen LogP contribution in [0.5, 0.6) is 0 Å². The van der Waals surface area contributed by atoms with Crippen molar-refractivity contribution in [1.82, 2.24) is 4.90 Å². The monoisotopic (exact) mass is 282 g/mol. The molecular weight excluding hydrogens is 256 g/mol. The van der Waals surface area contributed by atoms with Gasteiger partial charge in [0.2, 0.25) is 0 Å². The van der Waals surface area contributed by atoms with Gasteiger partial charge >= 0.3 is 0 Å². The van der Waals surface area contributed by atoms with E-state index in [4.69, 9.17) is 14.7 Å². The zero-order valence-corrected chi connectivity index (χ0v) is 12.8. The van der Waals surface area contributed by atoms with Gasteiger partial charge in [-0.2, -0.15) is 5.26 Å². The van der Waals surface area contributed by atoms with Crippen molar-refractivity contribution in [2.24, 2.45) is 5.92 Å². The molecule has 1 heterocycles. The van der Waals surface area contributed by atoms with E-state index in [0.717, 1.165) is 25.9 Å². The van der Waals surface area contributed by atoms with Crippen LogP contribution in [-0.2, 0) is 14.3 Å². The quantitative estimate of drug-likeness (QED) is 0.716. The summed E-state index contributed by atoms with van der Waals surface area (Å²) in [5.41, 5.74) is 0. The highest BCUT2D eigenvalue weighted by Crippen LogP contribution is 2.14. The normalized spacial score (nSPS) is 21.8. The van der Waals surface area contributed by atoms with Crippen LogP contribution in [-0.4, -0.2) is 49.3 Å². The van der Waals surface area contributed by atoms with Gasteiger partial charge in [0.1, 0.15) is 6.10 Å². The largest absolute Gasteiger partial charge is 0.376 e. The van der Waals surface area contributed by atoms with Crippen molar-refractivity contribution in [2.45, 2.75) is 52.2 Å². The molecule has 1 saturated heterocycles. The number of carbonyl (C=O) groups excluding carboxylic acids is 1. The van der Waals surface area contributed by atoms with E-state index in [9.17, 15) is 4.79 Å². The minimum Gasteiger partial charge on any atom is -0.376 e. The van der Waals surface area contributed by atoms with E-state index >= 15 is 0 Å². The molecule has 5 nitrogen and oxygen atoms in total. The summed E-state index contributed by atoms with van der Waals surface area (Å²) < 4.78 is 11.2. The van der Waals surface area contributed by atoms with E-state index in [1.54, 1.807) is 11.8 Å². The molecule has 114 valence electrons. The molecule has 0 aromatic carbocycles. The molecule has 1 rings (SSSR count). The predicted molar refractivity (Wildman–Crippen MR) is 76.0 cm³/mol. The number of carbonyl (C=O) groups is 1. The molecule has 0 N–H and O–H groups in total. The molecule has 1 aliphatic rings. The highest BCUT2D eigenvalue weighted by atomic mass is 16.5. The summed E-state index contributed by atoms with van der Waals surface area (Å²) in [4.78, 5) is 13.9. The number of hydrogen-bond acceptors (Lipinski definition) is 4. The molecule has 0 spiro atoms. The number of hydrogen-bond donors (Lipinski definition) is 0. The zero-order valence-electron chi connectivity index (χ0n) is 12.8. The maximum atomic E-state index is 12.2. The first-order chi connectivity index (χ1) is 9.58. The second-order valence-corrected chi connectivity index (χ2v) is 5.37. The summed E-state index contributed by atoms with van der Waals surface area (Å²) in [5, 5.41) is 8.84. The third-order valence-corrected chi connectivity index (χ3v) is 3.56. The van der Waals surface area contributed by atoms with Gasteiger partial charge in [-0.3, -0.25) is 4.79 Å². The van der Waals surface area contributed by atoms with E-state index in [1.165, 1.54) is 0 Å². The number of nitrogens with zero attached hydrogens (tertiary/aromatic N) is 2. The number of ether oxygens (including phenoxy) is 2. The van der Waals surface area contributed by atoms with Gasteiger partial charge < -0.3 is 14.4 Å². The van der Waals surface area contributed by atoms with E-state index < -0.39 is 6.10 Å². The fourth-order valence-corrected chi connectivity index (χ4v) is 2.27. The van der Waals surface area contributed by atoms with Crippen molar-refractivity contribution in [3.63, 3.8) is 0 Å². The van der Waals surface area contributed by atoms with Crippen LogP contribution in [0.2, 0.25) is 0 Å². The van der Waals surface area contributed by atoms with Crippen LogP contribution < -0.4 is 0 Å². The Kier molecular flexibility index (Phi) is 7.56. The molecule has 3 atom stereocenters. The predicted octanol–water partition coefficient (Wildman–Crippen LogP) is 1.97. The zero-order chi connectivity index (χ0) is 15.0. The molecule has 0 radical (unpaired) electrons. The number of amides is 1. The summed E-state index contributed by atoms with van der Waals surface area (Å²) in [6, 6.07) is 2.15. The van der Waals surface area contributed by atoms with Crippen LogP contribution >= 0.6 is 0 Å². The fraction of sp³-hybridized carbons (Fsp3) is 0.867. The lowest BCUT2D eigenvalue weighted by molar-refractivity contribution is -0.146. The van der Waals surface area contributed by atoms with Crippen molar-refractivity contribution in [1.29, 1.82) is 5.26 Å². The Morgan fingerprint density at radius 1 is 1.50 bits per heavy atom. The molecule has 0 saturated carbocycles. The van der Waals surface area contributed by atoms with Gasteiger partial charge in [0.25, 0.3) is 5.91 Å². The van der Waals surface area contributed by atoms with Gasteiger partial charge in [0, 0.05) is 19.7 Å². The maximum Gasteiger partial charge on any atom is 0.251 e. The first kappa shape index (κ1) is 16.9. The molecule has 1 fully saturated rings. The standard InChI is InChI=1S/C15H26N2O3/c1-4-17(10-12(2)9-16)15(18)13(3)20-11-14-7-5-6-8-19-14/h12-14H,4-8,10-11H2,1-3H3. The highest BCUT2D eigenvalue weighted by molar-refractivity contribution is 5.80. The Morgan fingerprint density at radius 3 is 2.80 bits per heavy atom.